The Labute approximate surface area is 86.5 Å². The van der Waals surface area contributed by atoms with E-state index >= 15 is 0 Å². The summed E-state index contributed by atoms with van der Waals surface area (Å²) in [6.07, 6.45) is 1.59. The van der Waals surface area contributed by atoms with Crippen LogP contribution in [0.15, 0.2) is 28.9 Å². The second-order valence-electron chi connectivity index (χ2n) is 3.06. The van der Waals surface area contributed by atoms with Crippen LogP contribution in [0.1, 0.15) is 5.56 Å². The molecule has 72 valence electrons. The van der Waals surface area contributed by atoms with Gasteiger partial charge in [-0.25, -0.2) is 0 Å². The minimum Gasteiger partial charge on any atom is -0.367 e. The molecule has 0 aliphatic carbocycles. The second-order valence-corrected chi connectivity index (χ2v) is 3.50. The van der Waals surface area contributed by atoms with Crippen LogP contribution in [0.3, 0.4) is 0 Å². The summed E-state index contributed by atoms with van der Waals surface area (Å²) in [5.74, 6) is 0.315. The maximum atomic E-state index is 5.89. The second kappa shape index (κ2) is 3.35. The highest BCUT2D eigenvalue weighted by atomic mass is 35.5. The van der Waals surface area contributed by atoms with Gasteiger partial charge in [0, 0.05) is 5.02 Å². The molecule has 0 aliphatic heterocycles. The van der Waals surface area contributed by atoms with Gasteiger partial charge < -0.3 is 10.3 Å². The van der Waals surface area contributed by atoms with Crippen molar-refractivity contribution in [3.05, 3.63) is 35.0 Å². The van der Waals surface area contributed by atoms with Gasteiger partial charge in [-0.15, -0.1) is 0 Å². The zero-order valence-electron chi connectivity index (χ0n) is 7.62. The van der Waals surface area contributed by atoms with E-state index in [1.807, 2.05) is 25.1 Å². The van der Waals surface area contributed by atoms with E-state index in [1.165, 1.54) is 0 Å². The van der Waals surface area contributed by atoms with E-state index in [-0.39, 0.29) is 0 Å². The first-order chi connectivity index (χ1) is 6.68. The van der Waals surface area contributed by atoms with Crippen molar-refractivity contribution in [3.63, 3.8) is 0 Å². The largest absolute Gasteiger partial charge is 0.367 e. The lowest BCUT2D eigenvalue weighted by Gasteiger charge is -2.03. The van der Waals surface area contributed by atoms with E-state index in [0.29, 0.717) is 10.9 Å². The summed E-state index contributed by atoms with van der Waals surface area (Å²) in [7, 11) is 0. The number of halogens is 1. The molecule has 0 aliphatic rings. The molecule has 0 spiro atoms. The lowest BCUT2D eigenvalue weighted by molar-refractivity contribution is 0.436. The van der Waals surface area contributed by atoms with Gasteiger partial charge in [0.05, 0.1) is 11.8 Å². The van der Waals surface area contributed by atoms with Gasteiger partial charge in [-0.05, 0) is 30.2 Å². The van der Waals surface area contributed by atoms with Crippen LogP contribution < -0.4 is 5.73 Å². The van der Waals surface area contributed by atoms with Crippen molar-refractivity contribution in [2.24, 2.45) is 0 Å². The van der Waals surface area contributed by atoms with E-state index in [4.69, 9.17) is 21.9 Å². The number of nitrogens with zero attached hydrogens (tertiary/aromatic N) is 1. The van der Waals surface area contributed by atoms with Gasteiger partial charge in [0.25, 0.3) is 0 Å². The first kappa shape index (κ1) is 9.09. The molecule has 1 heterocycles. The van der Waals surface area contributed by atoms with Crippen LogP contribution >= 0.6 is 11.6 Å². The molecule has 14 heavy (non-hydrogen) atoms. The summed E-state index contributed by atoms with van der Waals surface area (Å²) in [6.45, 7) is 1.98. The molecular weight excluding hydrogens is 200 g/mol. The normalized spacial score (nSPS) is 10.4. The molecule has 3 nitrogen and oxygen atoms in total. The van der Waals surface area contributed by atoms with Gasteiger partial charge in [-0.3, -0.25) is 0 Å². The van der Waals surface area contributed by atoms with E-state index in [0.717, 1.165) is 16.7 Å². The van der Waals surface area contributed by atoms with Crippen LogP contribution in [0.4, 0.5) is 5.88 Å². The highest BCUT2D eigenvalue weighted by Crippen LogP contribution is 2.30. The van der Waals surface area contributed by atoms with Crippen molar-refractivity contribution in [2.75, 3.05) is 5.73 Å². The number of hydrogen-bond donors (Lipinski definition) is 1. The summed E-state index contributed by atoms with van der Waals surface area (Å²) >= 11 is 5.89. The highest BCUT2D eigenvalue weighted by molar-refractivity contribution is 6.30. The number of benzene rings is 1. The summed E-state index contributed by atoms with van der Waals surface area (Å²) in [6, 6.07) is 5.62. The van der Waals surface area contributed by atoms with Crippen LogP contribution in [0.25, 0.3) is 11.1 Å². The lowest BCUT2D eigenvalue weighted by atomic mass is 10.0. The minimum atomic E-state index is 0.315. The molecule has 0 fully saturated rings. The SMILES string of the molecule is Cc1ccc(Cl)cc1-c1cnoc1N. The Morgan fingerprint density at radius 2 is 2.14 bits per heavy atom. The van der Waals surface area contributed by atoms with Gasteiger partial charge in [0.2, 0.25) is 5.88 Å². The van der Waals surface area contributed by atoms with Gasteiger partial charge in [0.1, 0.15) is 0 Å². The summed E-state index contributed by atoms with van der Waals surface area (Å²) in [4.78, 5) is 0. The first-order valence-electron chi connectivity index (χ1n) is 4.15. The maximum absolute atomic E-state index is 5.89. The fourth-order valence-corrected chi connectivity index (χ4v) is 1.51. The standard InChI is InChI=1S/C10H9ClN2O/c1-6-2-3-7(11)4-8(6)9-5-13-14-10(9)12/h2-5H,12H2,1H3. The smallest absolute Gasteiger partial charge is 0.229 e. The Hall–Kier alpha value is -1.48. The molecule has 1 aromatic heterocycles. The number of hydrogen-bond acceptors (Lipinski definition) is 3. The van der Waals surface area contributed by atoms with Crippen molar-refractivity contribution in [3.8, 4) is 11.1 Å². The zero-order chi connectivity index (χ0) is 10.1. The number of nitrogen functional groups attached to an aromatic ring is 1. The number of aryl methyl sites for hydroxylation is 1. The van der Waals surface area contributed by atoms with Crippen molar-refractivity contribution < 1.29 is 4.52 Å². The number of anilines is 1. The fraction of sp³-hybridized carbons (Fsp3) is 0.100. The molecule has 0 unspecified atom stereocenters. The third kappa shape index (κ3) is 1.46. The average molecular weight is 209 g/mol. The number of nitrogens with two attached hydrogens (primary N) is 1. The Balaban J connectivity index is 2.62. The molecule has 1 aromatic carbocycles. The summed E-state index contributed by atoms with van der Waals surface area (Å²) in [5, 5.41) is 4.30. The molecule has 2 aromatic rings. The van der Waals surface area contributed by atoms with Crippen LogP contribution in [-0.4, -0.2) is 5.16 Å². The predicted octanol–water partition coefficient (Wildman–Crippen LogP) is 2.89. The molecule has 2 N–H and O–H groups in total. The van der Waals surface area contributed by atoms with E-state index < -0.39 is 0 Å². The van der Waals surface area contributed by atoms with Crippen molar-refractivity contribution in [2.45, 2.75) is 6.92 Å². The van der Waals surface area contributed by atoms with E-state index in [1.54, 1.807) is 6.20 Å². The Bertz CT molecular complexity index is 465. The monoisotopic (exact) mass is 208 g/mol. The molecule has 0 bridgehead atoms. The van der Waals surface area contributed by atoms with Crippen molar-refractivity contribution >= 4 is 17.5 Å². The van der Waals surface area contributed by atoms with Gasteiger partial charge in [-0.2, -0.15) is 0 Å². The summed E-state index contributed by atoms with van der Waals surface area (Å²) < 4.78 is 4.80. The molecular formula is C10H9ClN2O. The zero-order valence-corrected chi connectivity index (χ0v) is 8.38. The Morgan fingerprint density at radius 1 is 1.36 bits per heavy atom. The number of aromatic nitrogens is 1. The third-order valence-electron chi connectivity index (χ3n) is 2.09. The van der Waals surface area contributed by atoms with E-state index in [9.17, 15) is 0 Å². The molecule has 2 rings (SSSR count). The van der Waals surface area contributed by atoms with Gasteiger partial charge >= 0.3 is 0 Å². The quantitative estimate of drug-likeness (QED) is 0.784. The van der Waals surface area contributed by atoms with Crippen LogP contribution in [0.2, 0.25) is 5.02 Å². The molecule has 0 radical (unpaired) electrons. The Kier molecular flexibility index (Phi) is 2.17. The predicted molar refractivity (Wildman–Crippen MR) is 56.1 cm³/mol. The minimum absolute atomic E-state index is 0.315. The average Bonchev–Trinajstić information content (AvgIpc) is 2.56. The molecule has 0 saturated heterocycles. The van der Waals surface area contributed by atoms with Crippen molar-refractivity contribution in [1.29, 1.82) is 0 Å². The number of rotatable bonds is 1. The maximum Gasteiger partial charge on any atom is 0.229 e. The fourth-order valence-electron chi connectivity index (χ4n) is 1.34. The molecule has 0 saturated carbocycles. The highest BCUT2D eigenvalue weighted by Gasteiger charge is 2.09. The summed E-state index contributed by atoms with van der Waals surface area (Å²) in [5.41, 5.74) is 8.44. The van der Waals surface area contributed by atoms with Crippen molar-refractivity contribution in [1.82, 2.24) is 5.16 Å². The van der Waals surface area contributed by atoms with Gasteiger partial charge in [-0.1, -0.05) is 22.8 Å². The van der Waals surface area contributed by atoms with Crippen LogP contribution in [0.5, 0.6) is 0 Å². The lowest BCUT2D eigenvalue weighted by Crippen LogP contribution is -1.87. The first-order valence-corrected chi connectivity index (χ1v) is 4.53. The van der Waals surface area contributed by atoms with Crippen LogP contribution in [-0.2, 0) is 0 Å². The van der Waals surface area contributed by atoms with Crippen LogP contribution in [0, 0.1) is 6.92 Å². The Morgan fingerprint density at radius 3 is 2.79 bits per heavy atom. The molecule has 0 atom stereocenters. The molecule has 4 heteroatoms. The third-order valence-corrected chi connectivity index (χ3v) is 2.32. The van der Waals surface area contributed by atoms with Gasteiger partial charge in [0.15, 0.2) is 0 Å². The molecule has 0 amide bonds. The topological polar surface area (TPSA) is 52.0 Å². The van der Waals surface area contributed by atoms with E-state index in [2.05, 4.69) is 5.16 Å².